The van der Waals surface area contributed by atoms with E-state index < -0.39 is 29.9 Å². The first-order chi connectivity index (χ1) is 20.7. The number of amides is 1. The minimum atomic E-state index is -0.762. The lowest BCUT2D eigenvalue weighted by Crippen LogP contribution is -2.50. The summed E-state index contributed by atoms with van der Waals surface area (Å²) in [5.74, 6) is 0. The second-order valence-electron chi connectivity index (χ2n) is 10.7. The van der Waals surface area contributed by atoms with Gasteiger partial charge in [-0.25, -0.2) is 4.79 Å². The molecule has 4 aromatic rings. The summed E-state index contributed by atoms with van der Waals surface area (Å²) in [4.78, 5) is 13.0. The minimum absolute atomic E-state index is 0.166. The van der Waals surface area contributed by atoms with E-state index in [0.717, 1.165) is 22.3 Å². The fourth-order valence-corrected chi connectivity index (χ4v) is 5.56. The summed E-state index contributed by atoms with van der Waals surface area (Å²) in [6.07, 6.45) is -1.85. The second-order valence-corrected chi connectivity index (χ2v) is 10.7. The highest BCUT2D eigenvalue weighted by atomic mass is 16.7. The highest BCUT2D eigenvalue weighted by Crippen LogP contribution is 2.53. The van der Waals surface area contributed by atoms with Gasteiger partial charge in [0, 0.05) is 0 Å². The molecule has 0 aromatic heterocycles. The molecule has 2 fully saturated rings. The predicted octanol–water partition coefficient (Wildman–Crippen LogP) is 5.82. The van der Waals surface area contributed by atoms with Gasteiger partial charge in [-0.15, -0.1) is 0 Å². The minimum Gasteiger partial charge on any atom is -0.445 e. The zero-order valence-corrected chi connectivity index (χ0v) is 23.3. The van der Waals surface area contributed by atoms with Gasteiger partial charge in [-0.05, 0) is 22.3 Å². The van der Waals surface area contributed by atoms with Crippen molar-refractivity contribution in [2.24, 2.45) is 0 Å². The van der Waals surface area contributed by atoms with Crippen molar-refractivity contribution in [2.75, 3.05) is 6.61 Å². The molecule has 1 amide bonds. The Morgan fingerprint density at radius 1 is 0.643 bits per heavy atom. The van der Waals surface area contributed by atoms with E-state index in [-0.39, 0.29) is 12.7 Å². The third-order valence-corrected chi connectivity index (χ3v) is 7.73. The molecule has 1 saturated heterocycles. The number of benzene rings is 4. The van der Waals surface area contributed by atoms with Crippen LogP contribution in [-0.2, 0) is 50.1 Å². The van der Waals surface area contributed by atoms with Crippen LogP contribution in [0, 0.1) is 0 Å². The topological polar surface area (TPSA) is 78.6 Å². The lowest BCUT2D eigenvalue weighted by atomic mass is 10.1. The number of rotatable bonds is 13. The quantitative estimate of drug-likeness (QED) is 0.206. The van der Waals surface area contributed by atoms with Gasteiger partial charge in [0.2, 0.25) is 0 Å². The summed E-state index contributed by atoms with van der Waals surface area (Å²) < 4.78 is 31.2. The van der Waals surface area contributed by atoms with Crippen molar-refractivity contribution in [3.8, 4) is 0 Å². The number of hydrogen-bond acceptors (Lipinski definition) is 6. The molecule has 6 rings (SSSR count). The van der Waals surface area contributed by atoms with Crippen molar-refractivity contribution in [3.63, 3.8) is 0 Å². The molecule has 2 aliphatic rings. The van der Waals surface area contributed by atoms with Gasteiger partial charge >= 0.3 is 6.09 Å². The molecule has 0 spiro atoms. The molecule has 0 unspecified atom stereocenters. The first-order valence-electron chi connectivity index (χ1n) is 14.3. The Bertz CT molecular complexity index is 1400. The molecule has 42 heavy (non-hydrogen) atoms. The number of alkyl carbamates (subject to hydrolysis) is 1. The van der Waals surface area contributed by atoms with Crippen molar-refractivity contribution < 1.29 is 28.5 Å². The van der Waals surface area contributed by atoms with E-state index in [0.29, 0.717) is 26.4 Å². The maximum absolute atomic E-state index is 13.0. The summed E-state index contributed by atoms with van der Waals surface area (Å²) in [6, 6.07) is 39.1. The molecule has 1 N–H and O–H groups in total. The van der Waals surface area contributed by atoms with Crippen LogP contribution in [0.2, 0.25) is 0 Å². The maximum Gasteiger partial charge on any atom is 0.407 e. The summed E-state index contributed by atoms with van der Waals surface area (Å²) in [5.41, 5.74) is 3.28. The molecule has 1 saturated carbocycles. The zero-order valence-electron chi connectivity index (χ0n) is 23.3. The summed E-state index contributed by atoms with van der Waals surface area (Å²) in [5, 5.41) is 3.04. The molecule has 5 atom stereocenters. The molecule has 0 bridgehead atoms. The molecule has 216 valence electrons. The van der Waals surface area contributed by atoms with Crippen LogP contribution < -0.4 is 5.32 Å². The van der Waals surface area contributed by atoms with E-state index >= 15 is 0 Å². The maximum atomic E-state index is 13.0. The van der Waals surface area contributed by atoms with E-state index in [9.17, 15) is 4.79 Å². The van der Waals surface area contributed by atoms with Crippen LogP contribution in [0.1, 0.15) is 22.3 Å². The molecule has 4 aromatic carbocycles. The number of carbonyl (C=O) groups is 1. The second kappa shape index (κ2) is 13.3. The Morgan fingerprint density at radius 2 is 1.12 bits per heavy atom. The predicted molar refractivity (Wildman–Crippen MR) is 157 cm³/mol. The fourth-order valence-electron chi connectivity index (χ4n) is 5.56. The van der Waals surface area contributed by atoms with Crippen LogP contribution in [-0.4, -0.2) is 42.7 Å². The number of epoxide rings is 1. The van der Waals surface area contributed by atoms with Gasteiger partial charge in [0.1, 0.15) is 30.5 Å². The van der Waals surface area contributed by atoms with Gasteiger partial charge in [0.25, 0.3) is 0 Å². The number of hydrogen-bond donors (Lipinski definition) is 1. The van der Waals surface area contributed by atoms with Gasteiger partial charge in [-0.1, -0.05) is 121 Å². The van der Waals surface area contributed by atoms with E-state index in [1.807, 2.05) is 121 Å². The highest BCUT2D eigenvalue weighted by Gasteiger charge is 2.75. The van der Waals surface area contributed by atoms with Crippen molar-refractivity contribution in [1.82, 2.24) is 5.32 Å². The van der Waals surface area contributed by atoms with E-state index in [1.54, 1.807) is 0 Å². The van der Waals surface area contributed by atoms with Crippen LogP contribution in [0.3, 0.4) is 0 Å². The summed E-state index contributed by atoms with van der Waals surface area (Å²) in [7, 11) is 0. The molecular formula is C35H35NO6. The van der Waals surface area contributed by atoms with E-state index in [1.165, 1.54) is 0 Å². The SMILES string of the molecule is O=C(N[C@@H]1[C@@H](OCc2ccccc2)[C@@H](OCc2ccccc2)[C@]2(COCc3ccccc3)O[C@H]12)OCc1ccccc1. The Morgan fingerprint density at radius 3 is 1.67 bits per heavy atom. The Labute approximate surface area is 246 Å². The number of nitrogens with one attached hydrogen (secondary N) is 1. The molecular weight excluding hydrogens is 530 g/mol. The first-order valence-corrected chi connectivity index (χ1v) is 14.3. The average molecular weight is 566 g/mol. The number of carbonyl (C=O) groups excluding carboxylic acids is 1. The zero-order chi connectivity index (χ0) is 28.6. The highest BCUT2D eigenvalue weighted by molar-refractivity contribution is 5.68. The third kappa shape index (κ3) is 6.72. The number of ether oxygens (including phenoxy) is 5. The van der Waals surface area contributed by atoms with Gasteiger partial charge in [0.15, 0.2) is 0 Å². The molecule has 1 aliphatic carbocycles. The van der Waals surface area contributed by atoms with Crippen LogP contribution >= 0.6 is 0 Å². The average Bonchev–Trinajstić information content (AvgIpc) is 3.71. The number of fused-ring (bicyclic) bond motifs is 1. The van der Waals surface area contributed by atoms with Crippen LogP contribution in [0.15, 0.2) is 121 Å². The van der Waals surface area contributed by atoms with Gasteiger partial charge in [0.05, 0.1) is 32.5 Å². The van der Waals surface area contributed by atoms with Crippen LogP contribution in [0.5, 0.6) is 0 Å². The lowest BCUT2D eigenvalue weighted by molar-refractivity contribution is -0.133. The smallest absolute Gasteiger partial charge is 0.407 e. The Balaban J connectivity index is 1.20. The van der Waals surface area contributed by atoms with Gasteiger partial charge in [-0.2, -0.15) is 0 Å². The van der Waals surface area contributed by atoms with Crippen molar-refractivity contribution in [1.29, 1.82) is 0 Å². The Kier molecular flexibility index (Phi) is 8.92. The van der Waals surface area contributed by atoms with Crippen molar-refractivity contribution in [3.05, 3.63) is 144 Å². The van der Waals surface area contributed by atoms with Crippen LogP contribution in [0.4, 0.5) is 4.79 Å². The van der Waals surface area contributed by atoms with E-state index in [2.05, 4.69) is 5.32 Å². The first kappa shape index (κ1) is 28.1. The largest absolute Gasteiger partial charge is 0.445 e. The van der Waals surface area contributed by atoms with Crippen molar-refractivity contribution in [2.45, 2.75) is 56.4 Å². The van der Waals surface area contributed by atoms with Gasteiger partial charge < -0.3 is 29.0 Å². The Hall–Kier alpha value is -4.01. The van der Waals surface area contributed by atoms with Crippen molar-refractivity contribution >= 4 is 6.09 Å². The van der Waals surface area contributed by atoms with Crippen LogP contribution in [0.25, 0.3) is 0 Å². The lowest BCUT2D eigenvalue weighted by Gasteiger charge is -2.31. The summed E-state index contributed by atoms with van der Waals surface area (Å²) >= 11 is 0. The summed E-state index contributed by atoms with van der Waals surface area (Å²) in [6.45, 7) is 1.64. The normalized spacial score (nSPS) is 24.1. The van der Waals surface area contributed by atoms with E-state index in [4.69, 9.17) is 23.7 Å². The monoisotopic (exact) mass is 565 g/mol. The molecule has 0 radical (unpaired) electrons. The molecule has 7 nitrogen and oxygen atoms in total. The fraction of sp³-hybridized carbons (Fsp3) is 0.286. The standard InChI is InChI=1S/C35H35NO6/c37-34(41-24-29-19-11-4-12-20-29)36-30-31(39-22-27-15-7-2-8-16-27)33(40-23-28-17-9-3-10-18-28)35(32(30)42-35)25-38-21-26-13-5-1-6-14-26/h1-20,30-33H,21-25H2,(H,36,37)/t30-,31-,32-,33-,35-/m1/s1. The third-order valence-electron chi connectivity index (χ3n) is 7.73. The molecule has 7 heteroatoms. The van der Waals surface area contributed by atoms with Gasteiger partial charge in [-0.3, -0.25) is 0 Å². The molecule has 1 heterocycles. The molecule has 1 aliphatic heterocycles.